The highest BCUT2D eigenvalue weighted by molar-refractivity contribution is 5.80. The molecule has 3 nitrogen and oxygen atoms in total. The number of benzene rings is 2. The topological polar surface area (TPSA) is 38.3 Å². The first-order chi connectivity index (χ1) is 10.6. The van der Waals surface area contributed by atoms with Crippen LogP contribution < -0.4 is 10.1 Å². The Balaban J connectivity index is 1.85. The van der Waals surface area contributed by atoms with E-state index >= 15 is 0 Å². The molecule has 1 amide bonds. The van der Waals surface area contributed by atoms with Crippen LogP contribution in [0.3, 0.4) is 0 Å². The summed E-state index contributed by atoms with van der Waals surface area (Å²) >= 11 is 0. The van der Waals surface area contributed by atoms with E-state index < -0.39 is 6.10 Å². The van der Waals surface area contributed by atoms with E-state index in [1.165, 1.54) is 5.56 Å². The van der Waals surface area contributed by atoms with E-state index in [9.17, 15) is 4.79 Å². The Kier molecular flexibility index (Phi) is 5.59. The van der Waals surface area contributed by atoms with Gasteiger partial charge in [0.15, 0.2) is 6.10 Å². The van der Waals surface area contributed by atoms with Gasteiger partial charge in [-0.2, -0.15) is 0 Å². The van der Waals surface area contributed by atoms with Gasteiger partial charge in [-0.1, -0.05) is 55.5 Å². The number of rotatable bonds is 6. The van der Waals surface area contributed by atoms with Gasteiger partial charge in [0.1, 0.15) is 5.75 Å². The van der Waals surface area contributed by atoms with Gasteiger partial charge in [-0.05, 0) is 37.0 Å². The summed E-state index contributed by atoms with van der Waals surface area (Å²) in [5.41, 5.74) is 2.25. The third-order valence-electron chi connectivity index (χ3n) is 3.72. The monoisotopic (exact) mass is 297 g/mol. The Hall–Kier alpha value is -2.29. The van der Waals surface area contributed by atoms with Crippen LogP contribution in [0.25, 0.3) is 0 Å². The van der Waals surface area contributed by atoms with Crippen molar-refractivity contribution in [1.82, 2.24) is 5.32 Å². The lowest BCUT2D eigenvalue weighted by Gasteiger charge is -2.18. The number of para-hydroxylation sites is 1. The van der Waals surface area contributed by atoms with E-state index in [1.54, 1.807) is 6.92 Å². The highest BCUT2D eigenvalue weighted by atomic mass is 16.5. The van der Waals surface area contributed by atoms with E-state index in [1.807, 2.05) is 49.4 Å². The van der Waals surface area contributed by atoms with Gasteiger partial charge in [-0.25, -0.2) is 0 Å². The van der Waals surface area contributed by atoms with Crippen LogP contribution in [0.5, 0.6) is 5.75 Å². The summed E-state index contributed by atoms with van der Waals surface area (Å²) < 4.78 is 5.73. The molecule has 0 fully saturated rings. The summed E-state index contributed by atoms with van der Waals surface area (Å²) in [6.07, 6.45) is -0.510. The summed E-state index contributed by atoms with van der Waals surface area (Å²) in [7, 11) is 0. The molecule has 0 aliphatic carbocycles. The fourth-order valence-corrected chi connectivity index (χ4v) is 2.23. The molecule has 3 heteroatoms. The lowest BCUT2D eigenvalue weighted by Crippen LogP contribution is -2.38. The largest absolute Gasteiger partial charge is 0.481 e. The number of amides is 1. The minimum Gasteiger partial charge on any atom is -0.481 e. The molecule has 22 heavy (non-hydrogen) atoms. The zero-order valence-corrected chi connectivity index (χ0v) is 13.4. The average molecular weight is 297 g/mol. The highest BCUT2D eigenvalue weighted by Gasteiger charge is 2.16. The van der Waals surface area contributed by atoms with E-state index in [-0.39, 0.29) is 11.8 Å². The van der Waals surface area contributed by atoms with Crippen LogP contribution in [0.15, 0.2) is 54.6 Å². The lowest BCUT2D eigenvalue weighted by molar-refractivity contribution is -0.127. The Labute approximate surface area is 132 Å². The summed E-state index contributed by atoms with van der Waals surface area (Å²) in [6.45, 7) is 6.44. The second-order valence-corrected chi connectivity index (χ2v) is 5.58. The molecule has 2 rings (SSSR count). The number of aryl methyl sites for hydroxylation is 1. The van der Waals surface area contributed by atoms with Crippen molar-refractivity contribution in [2.45, 2.75) is 32.8 Å². The third-order valence-corrected chi connectivity index (χ3v) is 3.72. The second-order valence-electron chi connectivity index (χ2n) is 5.58. The van der Waals surface area contributed by atoms with Crippen molar-refractivity contribution in [2.24, 2.45) is 0 Å². The minimum absolute atomic E-state index is 0.0916. The van der Waals surface area contributed by atoms with Crippen molar-refractivity contribution >= 4 is 5.91 Å². The second kappa shape index (κ2) is 7.64. The smallest absolute Gasteiger partial charge is 0.260 e. The maximum atomic E-state index is 12.2. The quantitative estimate of drug-likeness (QED) is 0.883. The van der Waals surface area contributed by atoms with Crippen LogP contribution in [-0.2, 0) is 4.79 Å². The van der Waals surface area contributed by atoms with Gasteiger partial charge in [0.2, 0.25) is 0 Å². The fourth-order valence-electron chi connectivity index (χ4n) is 2.23. The van der Waals surface area contributed by atoms with Crippen molar-refractivity contribution in [3.05, 3.63) is 65.7 Å². The van der Waals surface area contributed by atoms with Crippen LogP contribution in [0, 0.1) is 6.92 Å². The third kappa shape index (κ3) is 4.35. The zero-order valence-electron chi connectivity index (χ0n) is 13.4. The molecule has 116 valence electrons. The first-order valence-corrected chi connectivity index (χ1v) is 7.63. The molecule has 0 unspecified atom stereocenters. The Morgan fingerprint density at radius 2 is 1.68 bits per heavy atom. The van der Waals surface area contributed by atoms with Gasteiger partial charge in [-0.15, -0.1) is 0 Å². The van der Waals surface area contributed by atoms with Gasteiger partial charge in [-0.3, -0.25) is 4.79 Å². The molecule has 2 atom stereocenters. The van der Waals surface area contributed by atoms with Gasteiger partial charge < -0.3 is 10.1 Å². The fraction of sp³-hybridized carbons (Fsp3) is 0.316. The molecular weight excluding hydrogens is 274 g/mol. The molecule has 0 heterocycles. The van der Waals surface area contributed by atoms with Crippen LogP contribution in [-0.4, -0.2) is 18.6 Å². The molecule has 0 aromatic heterocycles. The molecule has 0 radical (unpaired) electrons. The van der Waals surface area contributed by atoms with E-state index in [0.29, 0.717) is 6.54 Å². The molecule has 2 aromatic carbocycles. The number of carbonyl (C=O) groups excluding carboxylic acids is 1. The molecule has 0 saturated carbocycles. The van der Waals surface area contributed by atoms with E-state index in [4.69, 9.17) is 4.74 Å². The molecular formula is C19H23NO2. The Morgan fingerprint density at radius 3 is 2.36 bits per heavy atom. The van der Waals surface area contributed by atoms with Crippen molar-refractivity contribution in [3.8, 4) is 5.75 Å². The summed E-state index contributed by atoms with van der Waals surface area (Å²) in [4.78, 5) is 12.2. The molecule has 0 saturated heterocycles. The number of hydrogen-bond donors (Lipinski definition) is 1. The average Bonchev–Trinajstić information content (AvgIpc) is 2.55. The van der Waals surface area contributed by atoms with Gasteiger partial charge in [0.05, 0.1) is 0 Å². The van der Waals surface area contributed by atoms with Gasteiger partial charge >= 0.3 is 0 Å². The summed E-state index contributed by atoms with van der Waals surface area (Å²) in [6, 6.07) is 17.9. The number of carbonyl (C=O) groups is 1. The van der Waals surface area contributed by atoms with Crippen LogP contribution in [0.4, 0.5) is 0 Å². The zero-order chi connectivity index (χ0) is 15.9. The number of ether oxygens (including phenoxy) is 1. The predicted molar refractivity (Wildman–Crippen MR) is 89.1 cm³/mol. The molecule has 0 aliphatic heterocycles. The summed E-state index contributed by atoms with van der Waals surface area (Å²) in [5.74, 6) is 0.933. The molecule has 0 spiro atoms. The van der Waals surface area contributed by atoms with Crippen molar-refractivity contribution in [3.63, 3.8) is 0 Å². The number of nitrogens with one attached hydrogen (secondary N) is 1. The van der Waals surface area contributed by atoms with E-state index in [0.717, 1.165) is 11.3 Å². The first kappa shape index (κ1) is 16.1. The lowest BCUT2D eigenvalue weighted by atomic mass is 10.0. The molecule has 2 aromatic rings. The maximum Gasteiger partial charge on any atom is 0.260 e. The van der Waals surface area contributed by atoms with Crippen molar-refractivity contribution in [1.29, 1.82) is 0 Å². The van der Waals surface area contributed by atoms with Crippen LogP contribution in [0.1, 0.15) is 30.9 Å². The normalized spacial score (nSPS) is 13.2. The SMILES string of the molecule is Cc1ccccc1O[C@@H](C)C(=O)NC[C@H](C)c1ccccc1. The van der Waals surface area contributed by atoms with Crippen LogP contribution >= 0.6 is 0 Å². The Bertz CT molecular complexity index is 610. The maximum absolute atomic E-state index is 12.2. The molecule has 0 bridgehead atoms. The standard InChI is InChI=1S/C19H23NO2/c1-14-9-7-8-12-18(14)22-16(3)19(21)20-13-15(2)17-10-5-4-6-11-17/h4-12,15-16H,13H2,1-3H3,(H,20,21)/t15-,16-/m0/s1. The molecule has 0 aliphatic rings. The first-order valence-electron chi connectivity index (χ1n) is 7.63. The van der Waals surface area contributed by atoms with E-state index in [2.05, 4.69) is 24.4 Å². The van der Waals surface area contributed by atoms with Crippen molar-refractivity contribution in [2.75, 3.05) is 6.54 Å². The Morgan fingerprint density at radius 1 is 1.05 bits per heavy atom. The summed E-state index contributed by atoms with van der Waals surface area (Å²) in [5, 5.41) is 2.96. The van der Waals surface area contributed by atoms with Gasteiger partial charge in [0.25, 0.3) is 5.91 Å². The highest BCUT2D eigenvalue weighted by Crippen LogP contribution is 2.18. The number of hydrogen-bond acceptors (Lipinski definition) is 2. The van der Waals surface area contributed by atoms with Crippen LogP contribution in [0.2, 0.25) is 0 Å². The van der Waals surface area contributed by atoms with Crippen molar-refractivity contribution < 1.29 is 9.53 Å². The predicted octanol–water partition coefficient (Wildman–Crippen LogP) is 3.68. The minimum atomic E-state index is -0.510. The van der Waals surface area contributed by atoms with Gasteiger partial charge in [0, 0.05) is 6.54 Å². The molecule has 1 N–H and O–H groups in total.